The third-order valence-electron chi connectivity index (χ3n) is 1.76. The summed E-state index contributed by atoms with van der Waals surface area (Å²) in [7, 11) is 0. The molecular weight excluding hydrogens is 216 g/mol. The van der Waals surface area contributed by atoms with Crippen molar-refractivity contribution in [3.8, 4) is 0 Å². The van der Waals surface area contributed by atoms with E-state index in [-0.39, 0.29) is 0 Å². The minimum absolute atomic E-state index is 1.28. The highest BCUT2D eigenvalue weighted by Gasteiger charge is 1.92. The lowest BCUT2D eigenvalue weighted by atomic mass is 10.1. The molecule has 0 heterocycles. The molecule has 0 N–H and O–H groups in total. The summed E-state index contributed by atoms with van der Waals surface area (Å²) in [5.74, 6) is 0. The molecule has 1 rings (SSSR count). The van der Waals surface area contributed by atoms with Crippen LogP contribution >= 0.6 is 0 Å². The predicted molar refractivity (Wildman–Crippen MR) is 89.0 cm³/mol. The minimum atomic E-state index is 1.28. The second-order valence-electron chi connectivity index (χ2n) is 2.61. The third kappa shape index (κ3) is 11.2. The van der Waals surface area contributed by atoms with Gasteiger partial charge >= 0.3 is 0 Å². The molecule has 0 aromatic heterocycles. The summed E-state index contributed by atoms with van der Waals surface area (Å²) in [5, 5.41) is 0. The molecule has 104 valence electrons. The Morgan fingerprint density at radius 3 is 1.56 bits per heavy atom. The van der Waals surface area contributed by atoms with Gasteiger partial charge < -0.3 is 0 Å². The molecule has 1 aromatic rings. The second kappa shape index (κ2) is 21.0. The molecule has 18 heavy (non-hydrogen) atoms. The van der Waals surface area contributed by atoms with Gasteiger partial charge in [0.05, 0.1) is 0 Å². The van der Waals surface area contributed by atoms with Crippen LogP contribution in [0.2, 0.25) is 0 Å². The first-order valence-electron chi connectivity index (χ1n) is 7.23. The van der Waals surface area contributed by atoms with Gasteiger partial charge in [-0.2, -0.15) is 0 Å². The molecule has 0 amide bonds. The van der Waals surface area contributed by atoms with Gasteiger partial charge in [-0.3, -0.25) is 0 Å². The lowest BCUT2D eigenvalue weighted by Gasteiger charge is -1.99. The van der Waals surface area contributed by atoms with E-state index >= 15 is 0 Å². The Balaban J connectivity index is -0.000000328. The van der Waals surface area contributed by atoms with E-state index in [1.165, 1.54) is 11.1 Å². The van der Waals surface area contributed by atoms with E-state index < -0.39 is 0 Å². The highest BCUT2D eigenvalue weighted by Crippen LogP contribution is 2.14. The van der Waals surface area contributed by atoms with Gasteiger partial charge in [0, 0.05) is 0 Å². The Morgan fingerprint density at radius 1 is 0.778 bits per heavy atom. The summed E-state index contributed by atoms with van der Waals surface area (Å²) >= 11 is 0. The van der Waals surface area contributed by atoms with E-state index in [0.717, 1.165) is 0 Å². The topological polar surface area (TPSA) is 0 Å². The number of rotatable bonds is 2. The van der Waals surface area contributed by atoms with Crippen LogP contribution in [0.25, 0.3) is 5.57 Å². The smallest absolute Gasteiger partial charge is 0.0187 e. The average molecular weight is 248 g/mol. The van der Waals surface area contributed by atoms with Crippen LogP contribution in [0, 0.1) is 0 Å². The molecule has 0 saturated heterocycles. The molecule has 0 nitrogen and oxygen atoms in total. The largest absolute Gasteiger partial charge is 0.0871 e. The summed E-state index contributed by atoms with van der Waals surface area (Å²) < 4.78 is 0. The maximum absolute atomic E-state index is 2.12. The van der Waals surface area contributed by atoms with Crippen LogP contribution in [0.5, 0.6) is 0 Å². The Hall–Kier alpha value is -1.30. The van der Waals surface area contributed by atoms with Gasteiger partial charge in [-0.1, -0.05) is 90.1 Å². The Kier molecular flexibility index (Phi) is 25.6. The Bertz CT molecular complexity index is 278. The Morgan fingerprint density at radius 2 is 1.22 bits per heavy atom. The zero-order chi connectivity index (χ0) is 14.8. The van der Waals surface area contributed by atoms with Crippen LogP contribution in [0.4, 0.5) is 0 Å². The van der Waals surface area contributed by atoms with Crippen LogP contribution in [0.3, 0.4) is 0 Å². The van der Waals surface area contributed by atoms with E-state index in [4.69, 9.17) is 0 Å². The van der Waals surface area contributed by atoms with Gasteiger partial charge in [0.1, 0.15) is 0 Å². The lowest BCUT2D eigenvalue weighted by molar-refractivity contribution is 1.50. The molecule has 0 heteroatoms. The fourth-order valence-corrected chi connectivity index (χ4v) is 1.17. The molecule has 1 aromatic carbocycles. The van der Waals surface area contributed by atoms with E-state index in [1.54, 1.807) is 0 Å². The molecule has 0 fully saturated rings. The van der Waals surface area contributed by atoms with Crippen molar-refractivity contribution in [3.05, 3.63) is 54.1 Å². The van der Waals surface area contributed by atoms with Crippen molar-refractivity contribution >= 4 is 5.57 Å². The maximum Gasteiger partial charge on any atom is -0.0187 e. The summed E-state index contributed by atoms with van der Waals surface area (Å²) in [6.45, 7) is 16.1. The summed E-state index contributed by atoms with van der Waals surface area (Å²) in [5.41, 5.74) is 2.55. The lowest BCUT2D eigenvalue weighted by Crippen LogP contribution is -1.77. The molecule has 0 unspecified atom stereocenters. The second-order valence-corrected chi connectivity index (χ2v) is 2.61. The fraction of sp³-hybridized carbons (Fsp3) is 0.444. The van der Waals surface area contributed by atoms with E-state index in [2.05, 4.69) is 49.4 Å². The number of allylic oxidation sites excluding steroid dienone is 4. The van der Waals surface area contributed by atoms with Crippen LogP contribution in [-0.4, -0.2) is 0 Å². The summed E-state index contributed by atoms with van der Waals surface area (Å²) in [4.78, 5) is 0. The average Bonchev–Trinajstić information content (AvgIpc) is 2.52. The van der Waals surface area contributed by atoms with Gasteiger partial charge in [-0.15, -0.1) is 0 Å². The van der Waals surface area contributed by atoms with Crippen LogP contribution in [0.1, 0.15) is 61.0 Å². The van der Waals surface area contributed by atoms with E-state index in [9.17, 15) is 0 Å². The van der Waals surface area contributed by atoms with Gasteiger partial charge in [-0.25, -0.2) is 0 Å². The van der Waals surface area contributed by atoms with Gasteiger partial charge in [0.2, 0.25) is 0 Å². The minimum Gasteiger partial charge on any atom is -0.0871 e. The number of hydrogen-bond acceptors (Lipinski definition) is 0. The van der Waals surface area contributed by atoms with Crippen molar-refractivity contribution in [2.75, 3.05) is 0 Å². The van der Waals surface area contributed by atoms with Crippen LogP contribution in [0.15, 0.2) is 48.6 Å². The van der Waals surface area contributed by atoms with Gasteiger partial charge in [0.15, 0.2) is 0 Å². The number of benzene rings is 1. The molecule has 0 aliphatic carbocycles. The fourth-order valence-electron chi connectivity index (χ4n) is 1.17. The summed E-state index contributed by atoms with van der Waals surface area (Å²) in [6.07, 6.45) is 6.30. The molecule has 0 spiro atoms. The molecule has 0 saturated carbocycles. The monoisotopic (exact) mass is 248 g/mol. The molecule has 0 bridgehead atoms. The van der Waals surface area contributed by atoms with Crippen molar-refractivity contribution in [1.29, 1.82) is 0 Å². The van der Waals surface area contributed by atoms with Gasteiger partial charge in [0.25, 0.3) is 0 Å². The predicted octanol–water partition coefficient (Wildman–Crippen LogP) is 6.74. The SMILES string of the molecule is C/C=C\C(=C/C)c1ccccc1.CC.CC.CC. The van der Waals surface area contributed by atoms with Crippen LogP contribution in [-0.2, 0) is 0 Å². The third-order valence-corrected chi connectivity index (χ3v) is 1.76. The molecule has 0 aliphatic heterocycles. The van der Waals surface area contributed by atoms with Crippen molar-refractivity contribution < 1.29 is 0 Å². The van der Waals surface area contributed by atoms with Crippen molar-refractivity contribution in [2.24, 2.45) is 0 Å². The molecular formula is C18H32. The summed E-state index contributed by atoms with van der Waals surface area (Å²) in [6, 6.07) is 10.4. The quantitative estimate of drug-likeness (QED) is 0.508. The van der Waals surface area contributed by atoms with Crippen molar-refractivity contribution in [3.63, 3.8) is 0 Å². The Labute approximate surface area is 115 Å². The zero-order valence-electron chi connectivity index (χ0n) is 13.6. The highest BCUT2D eigenvalue weighted by atomic mass is 14.0. The first-order valence-corrected chi connectivity index (χ1v) is 7.23. The highest BCUT2D eigenvalue weighted by molar-refractivity contribution is 5.73. The molecule has 0 atom stereocenters. The van der Waals surface area contributed by atoms with E-state index in [0.29, 0.717) is 0 Å². The normalized spacial score (nSPS) is 9.22. The molecule has 0 aliphatic rings. The van der Waals surface area contributed by atoms with E-state index in [1.807, 2.05) is 54.5 Å². The van der Waals surface area contributed by atoms with Gasteiger partial charge in [-0.05, 0) is 25.0 Å². The standard InChI is InChI=1S/C12H14.3C2H6/c1-3-8-11(4-2)12-9-6-5-7-10-12;3*1-2/h3-10H,1-2H3;3*1-2H3/b8-3-,11-4+;;;. The number of hydrogen-bond donors (Lipinski definition) is 0. The maximum atomic E-state index is 2.12. The zero-order valence-corrected chi connectivity index (χ0v) is 13.6. The van der Waals surface area contributed by atoms with Crippen molar-refractivity contribution in [1.82, 2.24) is 0 Å². The van der Waals surface area contributed by atoms with Crippen LogP contribution < -0.4 is 0 Å². The first-order chi connectivity index (χ1) is 8.88. The molecule has 0 radical (unpaired) electrons. The first kappa shape index (κ1) is 21.9. The van der Waals surface area contributed by atoms with Crippen molar-refractivity contribution in [2.45, 2.75) is 55.4 Å².